The Labute approximate surface area is 135 Å². The quantitative estimate of drug-likeness (QED) is 0.310. The smallest absolute Gasteiger partial charge is 0.191 e. The summed E-state index contributed by atoms with van der Waals surface area (Å²) >= 11 is 0. The van der Waals surface area contributed by atoms with Crippen LogP contribution in [0.25, 0.3) is 0 Å². The monoisotopic (exact) mass is 330 g/mol. The van der Waals surface area contributed by atoms with Gasteiger partial charge in [-0.1, -0.05) is 52.6 Å². The van der Waals surface area contributed by atoms with Crippen LogP contribution in [0.4, 0.5) is 0 Å². The topological polar surface area (TPSA) is 18.5 Å². The summed E-state index contributed by atoms with van der Waals surface area (Å²) in [6, 6.07) is 0. The largest absolute Gasteiger partial charge is 0.417 e. The van der Waals surface area contributed by atoms with Crippen molar-refractivity contribution in [1.82, 2.24) is 0 Å². The molecule has 0 aromatic carbocycles. The maximum absolute atomic E-state index is 6.17. The normalized spacial score (nSPS) is 15.7. The minimum Gasteiger partial charge on any atom is -0.417 e. The molecule has 0 aliphatic rings. The Kier molecular flexibility index (Phi) is 8.69. The number of rotatable bonds is 9. The van der Waals surface area contributed by atoms with Gasteiger partial charge in [-0.25, -0.2) is 0 Å². The van der Waals surface area contributed by atoms with Crippen molar-refractivity contribution in [1.29, 1.82) is 0 Å². The molecule has 0 saturated heterocycles. The summed E-state index contributed by atoms with van der Waals surface area (Å²) < 4.78 is 12.0. The molecule has 126 valence electrons. The lowest BCUT2D eigenvalue weighted by Gasteiger charge is -2.36. The predicted molar refractivity (Wildman–Crippen MR) is 100 cm³/mol. The first-order chi connectivity index (χ1) is 9.35. The highest BCUT2D eigenvalue weighted by atomic mass is 28.4. The first-order valence-electron chi connectivity index (χ1n) is 8.27. The molecule has 0 aromatic rings. The zero-order valence-electron chi connectivity index (χ0n) is 15.9. The van der Waals surface area contributed by atoms with Crippen molar-refractivity contribution in [3.05, 3.63) is 12.2 Å². The van der Waals surface area contributed by atoms with Gasteiger partial charge >= 0.3 is 0 Å². The summed E-state index contributed by atoms with van der Waals surface area (Å²) in [5.74, 6) is 0. The molecule has 4 heteroatoms. The van der Waals surface area contributed by atoms with E-state index in [2.05, 4.69) is 72.6 Å². The van der Waals surface area contributed by atoms with E-state index in [0.29, 0.717) is 5.04 Å². The predicted octanol–water partition coefficient (Wildman–Crippen LogP) is 5.63. The second kappa shape index (κ2) is 8.65. The molecular formula is C17H38O2Si2. The molecule has 0 N–H and O–H groups in total. The van der Waals surface area contributed by atoms with Crippen molar-refractivity contribution in [2.24, 2.45) is 0 Å². The summed E-state index contributed by atoms with van der Waals surface area (Å²) in [7, 11) is -2.66. The molecule has 0 spiro atoms. The van der Waals surface area contributed by atoms with Crippen molar-refractivity contribution in [2.75, 3.05) is 12.8 Å². The van der Waals surface area contributed by atoms with Crippen molar-refractivity contribution in [2.45, 2.75) is 84.4 Å². The van der Waals surface area contributed by atoms with Gasteiger partial charge < -0.3 is 9.16 Å². The van der Waals surface area contributed by atoms with Crippen molar-refractivity contribution >= 4 is 16.4 Å². The summed E-state index contributed by atoms with van der Waals surface area (Å²) in [4.78, 5) is 0. The lowest BCUT2D eigenvalue weighted by atomic mass is 10.2. The molecule has 0 saturated carbocycles. The molecule has 0 radical (unpaired) electrons. The molecule has 0 amide bonds. The fourth-order valence-corrected chi connectivity index (χ4v) is 3.32. The Morgan fingerprint density at radius 3 is 2.10 bits per heavy atom. The Hall–Kier alpha value is 0.0938. The second-order valence-corrected chi connectivity index (χ2v) is 19.0. The number of ether oxygens (including phenoxy) is 1. The zero-order chi connectivity index (χ0) is 16.7. The Bertz CT molecular complexity index is 312. The van der Waals surface area contributed by atoms with Crippen LogP contribution in [0.1, 0.15) is 40.5 Å². The summed E-state index contributed by atoms with van der Waals surface area (Å²) in [5.41, 5.74) is 0. The second-order valence-electron chi connectivity index (χ2n) is 8.76. The number of hydrogen-bond donors (Lipinski definition) is 0. The third kappa shape index (κ3) is 10.4. The lowest BCUT2D eigenvalue weighted by molar-refractivity contribution is 0.132. The molecule has 0 unspecified atom stereocenters. The van der Waals surface area contributed by atoms with Crippen LogP contribution < -0.4 is 0 Å². The van der Waals surface area contributed by atoms with Crippen molar-refractivity contribution in [3.63, 3.8) is 0 Å². The molecule has 0 heterocycles. The third-order valence-electron chi connectivity index (χ3n) is 3.97. The van der Waals surface area contributed by atoms with E-state index in [1.807, 2.05) is 0 Å². The van der Waals surface area contributed by atoms with Crippen molar-refractivity contribution in [3.8, 4) is 0 Å². The first kappa shape index (κ1) is 21.1. The van der Waals surface area contributed by atoms with Gasteiger partial charge in [-0.15, -0.1) is 0 Å². The van der Waals surface area contributed by atoms with Crippen LogP contribution in [0.5, 0.6) is 0 Å². The molecule has 0 aliphatic heterocycles. The van der Waals surface area contributed by atoms with Gasteiger partial charge in [-0.2, -0.15) is 0 Å². The number of allylic oxidation sites excluding steroid dienone is 1. The van der Waals surface area contributed by atoms with Crippen LogP contribution in [-0.2, 0) is 9.16 Å². The van der Waals surface area contributed by atoms with Crippen LogP contribution in [0.2, 0.25) is 37.8 Å². The molecule has 2 nitrogen and oxygen atoms in total. The molecular weight excluding hydrogens is 292 g/mol. The molecule has 0 rings (SSSR count). The Morgan fingerprint density at radius 1 is 1.05 bits per heavy atom. The summed E-state index contributed by atoms with van der Waals surface area (Å²) in [5, 5.41) is 0.308. The highest BCUT2D eigenvalue weighted by molar-refractivity contribution is 6.76. The molecule has 0 bridgehead atoms. The van der Waals surface area contributed by atoms with Crippen LogP contribution in [0.15, 0.2) is 12.2 Å². The Morgan fingerprint density at radius 2 is 1.62 bits per heavy atom. The fourth-order valence-electron chi connectivity index (χ4n) is 1.47. The lowest BCUT2D eigenvalue weighted by Crippen LogP contribution is -2.40. The van der Waals surface area contributed by atoms with Gasteiger partial charge in [0, 0.05) is 12.8 Å². The van der Waals surface area contributed by atoms with E-state index < -0.39 is 16.4 Å². The van der Waals surface area contributed by atoms with Gasteiger partial charge in [0.25, 0.3) is 0 Å². The van der Waals surface area contributed by atoms with E-state index in [4.69, 9.17) is 9.16 Å². The maximum Gasteiger partial charge on any atom is 0.191 e. The highest BCUT2D eigenvalue weighted by Gasteiger charge is 2.36. The van der Waals surface area contributed by atoms with Gasteiger partial charge in [0.2, 0.25) is 0 Å². The number of unbranched alkanes of at least 4 members (excludes halogenated alkanes) is 1. The highest BCUT2D eigenvalue weighted by Crippen LogP contribution is 2.36. The van der Waals surface area contributed by atoms with Gasteiger partial charge in [0.1, 0.15) is 0 Å². The van der Waals surface area contributed by atoms with Gasteiger partial charge in [0.15, 0.2) is 8.32 Å². The Balaban J connectivity index is 3.83. The summed E-state index contributed by atoms with van der Waals surface area (Å²) in [6.07, 6.45) is 7.78. The van der Waals surface area contributed by atoms with E-state index in [-0.39, 0.29) is 6.10 Å². The molecule has 0 aliphatic carbocycles. The van der Waals surface area contributed by atoms with Crippen LogP contribution in [0, 0.1) is 0 Å². The summed E-state index contributed by atoms with van der Waals surface area (Å²) in [6.45, 7) is 21.5. The van der Waals surface area contributed by atoms with Crippen molar-refractivity contribution < 1.29 is 9.16 Å². The van der Waals surface area contributed by atoms with E-state index >= 15 is 0 Å². The minimum atomic E-state index is -1.56. The minimum absolute atomic E-state index is 0.234. The average molecular weight is 331 g/mol. The van der Waals surface area contributed by atoms with Crippen LogP contribution in [-0.4, -0.2) is 35.3 Å². The zero-order valence-corrected chi connectivity index (χ0v) is 17.9. The fraction of sp³-hybridized carbons (Fsp3) is 0.882. The van der Waals surface area contributed by atoms with E-state index in [0.717, 1.165) is 25.7 Å². The van der Waals surface area contributed by atoms with Crippen LogP contribution >= 0.6 is 0 Å². The number of hydrogen-bond acceptors (Lipinski definition) is 2. The standard InChI is InChI=1S/C17H38O2Si2/c1-16(18-15-20(5,6)7)13-11-10-12-14-19-21(8,9)17(2,3)4/h11,13,16H,10,12,14-15H2,1-9H3/b13-11+/t16-/m1/s1. The van der Waals surface area contributed by atoms with Gasteiger partial charge in [0.05, 0.1) is 14.2 Å². The molecule has 21 heavy (non-hydrogen) atoms. The van der Waals surface area contributed by atoms with Gasteiger partial charge in [-0.3, -0.25) is 0 Å². The van der Waals surface area contributed by atoms with Gasteiger partial charge in [-0.05, 0) is 37.9 Å². The van der Waals surface area contributed by atoms with E-state index in [9.17, 15) is 0 Å². The molecule has 1 atom stereocenters. The van der Waals surface area contributed by atoms with E-state index in [1.165, 1.54) is 0 Å². The first-order valence-corrected chi connectivity index (χ1v) is 14.9. The SMILES string of the molecule is C[C@H](/C=C/CCCO[Si](C)(C)C(C)(C)C)OC[Si](C)(C)C. The maximum atomic E-state index is 6.17. The average Bonchev–Trinajstić information content (AvgIpc) is 2.28. The molecule has 0 aromatic heterocycles. The molecule has 0 fully saturated rings. The third-order valence-corrected chi connectivity index (χ3v) is 9.54. The van der Waals surface area contributed by atoms with E-state index in [1.54, 1.807) is 0 Å². The van der Waals surface area contributed by atoms with Crippen LogP contribution in [0.3, 0.4) is 0 Å².